The first-order chi connectivity index (χ1) is 9.20. The molecule has 5 nitrogen and oxygen atoms in total. The zero-order valence-corrected chi connectivity index (χ0v) is 10.3. The Labute approximate surface area is 108 Å². The maximum Gasteiger partial charge on any atom is 0.201 e. The second-order valence-corrected chi connectivity index (χ2v) is 4.20. The van der Waals surface area contributed by atoms with Crippen LogP contribution >= 0.6 is 0 Å². The van der Waals surface area contributed by atoms with Crippen LogP contribution in [0.2, 0.25) is 0 Å². The summed E-state index contributed by atoms with van der Waals surface area (Å²) >= 11 is 0. The molecular weight excluding hydrogens is 245 g/mol. The van der Waals surface area contributed by atoms with E-state index in [0.717, 1.165) is 17.0 Å². The van der Waals surface area contributed by atoms with Gasteiger partial charge in [0.1, 0.15) is 11.6 Å². The number of nitrogens with zero attached hydrogens (tertiary/aromatic N) is 3. The summed E-state index contributed by atoms with van der Waals surface area (Å²) in [6.07, 6.45) is 1.72. The van der Waals surface area contributed by atoms with Crippen molar-refractivity contribution >= 4 is 17.0 Å². The van der Waals surface area contributed by atoms with E-state index in [-0.39, 0.29) is 5.82 Å². The predicted octanol–water partition coefficient (Wildman–Crippen LogP) is 2.41. The van der Waals surface area contributed by atoms with Crippen molar-refractivity contribution in [1.82, 2.24) is 19.9 Å². The van der Waals surface area contributed by atoms with Gasteiger partial charge in [0.2, 0.25) is 5.95 Å². The number of halogens is 1. The van der Waals surface area contributed by atoms with Gasteiger partial charge < -0.3 is 10.3 Å². The van der Waals surface area contributed by atoms with Crippen LogP contribution in [-0.2, 0) is 6.54 Å². The third kappa shape index (κ3) is 2.52. The molecule has 0 radical (unpaired) electrons. The van der Waals surface area contributed by atoms with Gasteiger partial charge in [-0.25, -0.2) is 19.3 Å². The lowest BCUT2D eigenvalue weighted by atomic mass is 10.3. The van der Waals surface area contributed by atoms with Gasteiger partial charge in [0.25, 0.3) is 0 Å². The Hall–Kier alpha value is -2.50. The summed E-state index contributed by atoms with van der Waals surface area (Å²) in [5.74, 6) is 1.04. The van der Waals surface area contributed by atoms with E-state index in [2.05, 4.69) is 25.3 Å². The van der Waals surface area contributed by atoms with Crippen molar-refractivity contribution < 1.29 is 4.39 Å². The van der Waals surface area contributed by atoms with Crippen LogP contribution < -0.4 is 5.32 Å². The van der Waals surface area contributed by atoms with Gasteiger partial charge in [-0.05, 0) is 31.2 Å². The average molecular weight is 257 g/mol. The molecule has 0 amide bonds. The van der Waals surface area contributed by atoms with Crippen molar-refractivity contribution in [2.24, 2.45) is 0 Å². The van der Waals surface area contributed by atoms with Crippen LogP contribution in [0.25, 0.3) is 11.0 Å². The van der Waals surface area contributed by atoms with Gasteiger partial charge in [0, 0.05) is 6.20 Å². The Bertz CT molecular complexity index is 722. The lowest BCUT2D eigenvalue weighted by molar-refractivity contribution is 0.629. The Morgan fingerprint density at radius 1 is 1.26 bits per heavy atom. The van der Waals surface area contributed by atoms with Crippen LogP contribution in [-0.4, -0.2) is 19.9 Å². The minimum atomic E-state index is -0.283. The number of H-pyrrole nitrogens is 1. The summed E-state index contributed by atoms with van der Waals surface area (Å²) < 4.78 is 13.1. The second-order valence-electron chi connectivity index (χ2n) is 4.20. The molecule has 0 spiro atoms. The van der Waals surface area contributed by atoms with E-state index >= 15 is 0 Å². The molecule has 0 saturated carbocycles. The number of anilines is 1. The molecule has 0 unspecified atom stereocenters. The number of benzene rings is 1. The summed E-state index contributed by atoms with van der Waals surface area (Å²) in [6.45, 7) is 2.37. The summed E-state index contributed by atoms with van der Waals surface area (Å²) in [7, 11) is 0. The first kappa shape index (κ1) is 11.6. The summed E-state index contributed by atoms with van der Waals surface area (Å²) in [5, 5.41) is 3.12. The van der Waals surface area contributed by atoms with E-state index < -0.39 is 0 Å². The molecule has 0 aliphatic carbocycles. The molecule has 0 aliphatic heterocycles. The van der Waals surface area contributed by atoms with Gasteiger partial charge in [-0.2, -0.15) is 0 Å². The van der Waals surface area contributed by atoms with E-state index in [4.69, 9.17) is 0 Å². The zero-order chi connectivity index (χ0) is 13.2. The predicted molar refractivity (Wildman–Crippen MR) is 70.1 cm³/mol. The van der Waals surface area contributed by atoms with Crippen molar-refractivity contribution in [3.63, 3.8) is 0 Å². The number of aromatic nitrogens is 4. The molecule has 6 heteroatoms. The molecule has 2 N–H and O–H groups in total. The third-order valence-electron chi connectivity index (χ3n) is 2.71. The minimum absolute atomic E-state index is 0.283. The Balaban J connectivity index is 1.78. The number of rotatable bonds is 3. The first-order valence-corrected chi connectivity index (χ1v) is 5.88. The van der Waals surface area contributed by atoms with Crippen LogP contribution in [0.1, 0.15) is 11.5 Å². The molecule has 0 bridgehead atoms. The lowest BCUT2D eigenvalue weighted by Crippen LogP contribution is -2.04. The molecule has 3 aromatic rings. The van der Waals surface area contributed by atoms with Crippen molar-refractivity contribution in [2.45, 2.75) is 13.5 Å². The molecule has 19 heavy (non-hydrogen) atoms. The van der Waals surface area contributed by atoms with Gasteiger partial charge in [0.05, 0.1) is 23.3 Å². The normalized spacial score (nSPS) is 10.8. The highest BCUT2D eigenvalue weighted by Crippen LogP contribution is 2.15. The fraction of sp³-hybridized carbons (Fsp3) is 0.154. The van der Waals surface area contributed by atoms with Crippen molar-refractivity contribution in [3.05, 3.63) is 47.8 Å². The number of nitrogens with one attached hydrogen (secondary N) is 2. The van der Waals surface area contributed by atoms with Crippen LogP contribution in [0.4, 0.5) is 10.3 Å². The molecule has 1 aromatic carbocycles. The monoisotopic (exact) mass is 257 g/mol. The van der Waals surface area contributed by atoms with Crippen molar-refractivity contribution in [3.8, 4) is 0 Å². The van der Waals surface area contributed by atoms with Crippen LogP contribution in [0.5, 0.6) is 0 Å². The van der Waals surface area contributed by atoms with Gasteiger partial charge in [-0.15, -0.1) is 0 Å². The standard InChI is InChI=1S/C13H12FN5/c1-8-15-5-4-10(17-8)7-16-13-18-11-3-2-9(14)6-12(11)19-13/h2-6H,7H2,1H3,(H2,16,18,19). The van der Waals surface area contributed by atoms with Crippen molar-refractivity contribution in [1.29, 1.82) is 0 Å². The minimum Gasteiger partial charge on any atom is -0.350 e. The maximum absolute atomic E-state index is 13.1. The number of hydrogen-bond acceptors (Lipinski definition) is 4. The van der Waals surface area contributed by atoms with Gasteiger partial charge in [0.15, 0.2) is 0 Å². The number of imidazole rings is 1. The van der Waals surface area contributed by atoms with Gasteiger partial charge in [-0.3, -0.25) is 0 Å². The summed E-state index contributed by atoms with van der Waals surface area (Å²) in [4.78, 5) is 15.6. The van der Waals surface area contributed by atoms with E-state index in [1.807, 2.05) is 13.0 Å². The number of aromatic amines is 1. The van der Waals surface area contributed by atoms with Crippen LogP contribution in [0.15, 0.2) is 30.5 Å². The Kier molecular flexibility index (Phi) is 2.83. The smallest absolute Gasteiger partial charge is 0.201 e. The Morgan fingerprint density at radius 3 is 3.00 bits per heavy atom. The highest BCUT2D eigenvalue weighted by Gasteiger charge is 2.04. The van der Waals surface area contributed by atoms with E-state index in [1.54, 1.807) is 12.3 Å². The molecule has 2 heterocycles. The first-order valence-electron chi connectivity index (χ1n) is 5.88. The molecule has 0 atom stereocenters. The summed E-state index contributed by atoms with van der Waals surface area (Å²) in [5.41, 5.74) is 2.27. The topological polar surface area (TPSA) is 66.5 Å². The molecule has 96 valence electrons. The Morgan fingerprint density at radius 2 is 2.16 bits per heavy atom. The number of fused-ring (bicyclic) bond motifs is 1. The van der Waals surface area contributed by atoms with Gasteiger partial charge >= 0.3 is 0 Å². The quantitative estimate of drug-likeness (QED) is 0.756. The highest BCUT2D eigenvalue weighted by atomic mass is 19.1. The van der Waals surface area contributed by atoms with E-state index in [0.29, 0.717) is 18.0 Å². The van der Waals surface area contributed by atoms with E-state index in [9.17, 15) is 4.39 Å². The molecule has 0 fully saturated rings. The second kappa shape index (κ2) is 4.64. The SMILES string of the molecule is Cc1nccc(CNc2nc3ccc(F)cc3[nH]2)n1. The third-order valence-corrected chi connectivity index (χ3v) is 2.71. The lowest BCUT2D eigenvalue weighted by Gasteiger charge is -2.02. The maximum atomic E-state index is 13.1. The molecular formula is C13H12FN5. The number of hydrogen-bond donors (Lipinski definition) is 2. The van der Waals surface area contributed by atoms with E-state index in [1.165, 1.54) is 12.1 Å². The fourth-order valence-electron chi connectivity index (χ4n) is 1.84. The van der Waals surface area contributed by atoms with Crippen molar-refractivity contribution in [2.75, 3.05) is 5.32 Å². The van der Waals surface area contributed by atoms with Crippen LogP contribution in [0.3, 0.4) is 0 Å². The molecule has 0 aliphatic rings. The molecule has 0 saturated heterocycles. The molecule has 2 aromatic heterocycles. The fourth-order valence-corrected chi connectivity index (χ4v) is 1.84. The molecule has 3 rings (SSSR count). The zero-order valence-electron chi connectivity index (χ0n) is 10.3. The highest BCUT2D eigenvalue weighted by molar-refractivity contribution is 5.77. The average Bonchev–Trinajstić information content (AvgIpc) is 2.78. The summed E-state index contributed by atoms with van der Waals surface area (Å²) in [6, 6.07) is 6.28. The van der Waals surface area contributed by atoms with Gasteiger partial charge in [-0.1, -0.05) is 0 Å². The largest absolute Gasteiger partial charge is 0.350 e. The number of aryl methyl sites for hydroxylation is 1. The van der Waals surface area contributed by atoms with Crippen LogP contribution in [0, 0.1) is 12.7 Å².